The van der Waals surface area contributed by atoms with Crippen LogP contribution >= 0.6 is 0 Å². The van der Waals surface area contributed by atoms with E-state index in [1.54, 1.807) is 0 Å². The Morgan fingerprint density at radius 1 is 0.947 bits per heavy atom. The monoisotopic (exact) mass is 268 g/mol. The fourth-order valence-electron chi connectivity index (χ4n) is 2.39. The van der Waals surface area contributed by atoms with E-state index >= 15 is 0 Å². The zero-order chi connectivity index (χ0) is 13.2. The van der Waals surface area contributed by atoms with E-state index in [0.717, 1.165) is 38.5 Å². The van der Waals surface area contributed by atoms with Gasteiger partial charge in [0, 0.05) is 0 Å². The van der Waals surface area contributed by atoms with Gasteiger partial charge in [0.15, 0.2) is 11.5 Å². The molecule has 2 aliphatic rings. The summed E-state index contributed by atoms with van der Waals surface area (Å²) in [5.74, 6) is -1.36. The minimum Gasteiger partial charge on any atom is -0.490 e. The van der Waals surface area contributed by atoms with Gasteiger partial charge in [-0.1, -0.05) is 0 Å². The van der Waals surface area contributed by atoms with E-state index in [2.05, 4.69) is 0 Å². The average Bonchev–Trinajstić information content (AvgIpc) is 3.10. The van der Waals surface area contributed by atoms with Crippen LogP contribution in [0.1, 0.15) is 38.5 Å². The Morgan fingerprint density at radius 2 is 1.58 bits per heavy atom. The molecule has 0 heterocycles. The topological polar surface area (TPSA) is 18.5 Å². The highest BCUT2D eigenvalue weighted by atomic mass is 19.2. The summed E-state index contributed by atoms with van der Waals surface area (Å²) in [6.45, 7) is 0.471. The molecule has 0 radical (unpaired) electrons. The van der Waals surface area contributed by atoms with Gasteiger partial charge in [0.1, 0.15) is 0 Å². The third-order valence-corrected chi connectivity index (χ3v) is 3.78. The summed E-state index contributed by atoms with van der Waals surface area (Å²) in [5, 5.41) is 0. The van der Waals surface area contributed by atoms with Crippen LogP contribution in [-0.4, -0.2) is 12.7 Å². The lowest BCUT2D eigenvalue weighted by atomic mass is 10.2. The van der Waals surface area contributed by atoms with Crippen molar-refractivity contribution in [2.45, 2.75) is 44.6 Å². The van der Waals surface area contributed by atoms with Crippen LogP contribution in [0.15, 0.2) is 12.1 Å². The third-order valence-electron chi connectivity index (χ3n) is 3.78. The first-order valence-electron chi connectivity index (χ1n) is 7.01. The summed E-state index contributed by atoms with van der Waals surface area (Å²) in [6.07, 6.45) is 6.28. The molecule has 1 aromatic carbocycles. The van der Waals surface area contributed by atoms with Gasteiger partial charge in [-0.2, -0.15) is 8.78 Å². The summed E-state index contributed by atoms with van der Waals surface area (Å²) < 4.78 is 38.5. The summed E-state index contributed by atoms with van der Waals surface area (Å²) in [6, 6.07) is 2.93. The maximum atomic E-state index is 13.9. The van der Waals surface area contributed by atoms with Crippen molar-refractivity contribution >= 4 is 0 Å². The van der Waals surface area contributed by atoms with Crippen molar-refractivity contribution in [2.24, 2.45) is 5.92 Å². The first-order valence-corrected chi connectivity index (χ1v) is 7.01. The van der Waals surface area contributed by atoms with Crippen molar-refractivity contribution in [1.29, 1.82) is 0 Å². The van der Waals surface area contributed by atoms with Crippen LogP contribution < -0.4 is 9.47 Å². The van der Waals surface area contributed by atoms with Crippen LogP contribution in [-0.2, 0) is 0 Å². The molecule has 0 N–H and O–H groups in total. The Kier molecular flexibility index (Phi) is 3.58. The SMILES string of the molecule is Fc1c(OCC2CC2)ccc(OC2CCCC2)c1F. The molecule has 2 saturated carbocycles. The van der Waals surface area contributed by atoms with Gasteiger partial charge in [0.25, 0.3) is 0 Å². The van der Waals surface area contributed by atoms with Crippen LogP contribution in [0.4, 0.5) is 8.78 Å². The molecule has 2 nitrogen and oxygen atoms in total. The van der Waals surface area contributed by atoms with Gasteiger partial charge in [-0.05, 0) is 56.6 Å². The molecule has 0 spiro atoms. The lowest BCUT2D eigenvalue weighted by molar-refractivity contribution is 0.196. The van der Waals surface area contributed by atoms with E-state index in [1.807, 2.05) is 0 Å². The second kappa shape index (κ2) is 5.35. The molecular formula is C15H18F2O2. The standard InChI is InChI=1S/C15H18F2O2/c16-14-12(18-9-10-5-6-10)7-8-13(15(14)17)19-11-3-1-2-4-11/h7-8,10-11H,1-6,9H2. The van der Waals surface area contributed by atoms with Crippen molar-refractivity contribution in [2.75, 3.05) is 6.61 Å². The van der Waals surface area contributed by atoms with Gasteiger partial charge in [-0.25, -0.2) is 0 Å². The molecule has 0 bridgehead atoms. The van der Waals surface area contributed by atoms with Gasteiger partial charge < -0.3 is 9.47 Å². The van der Waals surface area contributed by atoms with Crippen molar-refractivity contribution in [3.05, 3.63) is 23.8 Å². The molecule has 0 unspecified atom stereocenters. The minimum absolute atomic E-state index is 0.00294. The number of ether oxygens (including phenoxy) is 2. The Hall–Kier alpha value is -1.32. The summed E-state index contributed by atoms with van der Waals surface area (Å²) >= 11 is 0. The van der Waals surface area contributed by atoms with Gasteiger partial charge in [-0.3, -0.25) is 0 Å². The molecule has 0 atom stereocenters. The Balaban J connectivity index is 1.68. The zero-order valence-corrected chi connectivity index (χ0v) is 10.8. The number of halogens is 2. The van der Waals surface area contributed by atoms with E-state index in [1.165, 1.54) is 12.1 Å². The molecule has 0 saturated heterocycles. The highest BCUT2D eigenvalue weighted by molar-refractivity contribution is 5.35. The number of rotatable bonds is 5. The van der Waals surface area contributed by atoms with Crippen LogP contribution in [0.25, 0.3) is 0 Å². The van der Waals surface area contributed by atoms with Crippen molar-refractivity contribution < 1.29 is 18.3 Å². The minimum atomic E-state index is -0.934. The maximum Gasteiger partial charge on any atom is 0.204 e. The van der Waals surface area contributed by atoms with Gasteiger partial charge in [0.2, 0.25) is 11.6 Å². The summed E-state index contributed by atoms with van der Waals surface area (Å²) in [5.41, 5.74) is 0. The van der Waals surface area contributed by atoms with Crippen LogP contribution in [0.2, 0.25) is 0 Å². The van der Waals surface area contributed by atoms with E-state index in [4.69, 9.17) is 9.47 Å². The van der Waals surface area contributed by atoms with Crippen LogP contribution in [0.5, 0.6) is 11.5 Å². The van der Waals surface area contributed by atoms with E-state index in [-0.39, 0.29) is 17.6 Å². The molecule has 2 fully saturated rings. The summed E-state index contributed by atoms with van der Waals surface area (Å²) in [4.78, 5) is 0. The highest BCUT2D eigenvalue weighted by Gasteiger charge is 2.24. The highest BCUT2D eigenvalue weighted by Crippen LogP contribution is 2.33. The predicted molar refractivity (Wildman–Crippen MR) is 67.5 cm³/mol. The summed E-state index contributed by atoms with van der Waals surface area (Å²) in [7, 11) is 0. The molecule has 104 valence electrons. The van der Waals surface area contributed by atoms with Crippen molar-refractivity contribution in [3.63, 3.8) is 0 Å². The van der Waals surface area contributed by atoms with Gasteiger partial charge in [-0.15, -0.1) is 0 Å². The first-order chi connectivity index (χ1) is 9.24. The molecule has 0 amide bonds. The van der Waals surface area contributed by atoms with Crippen LogP contribution in [0.3, 0.4) is 0 Å². The van der Waals surface area contributed by atoms with Crippen LogP contribution in [0, 0.1) is 17.6 Å². The smallest absolute Gasteiger partial charge is 0.204 e. The maximum absolute atomic E-state index is 13.9. The Labute approximate surface area is 111 Å². The van der Waals surface area contributed by atoms with E-state index in [0.29, 0.717) is 12.5 Å². The Morgan fingerprint density at radius 3 is 2.26 bits per heavy atom. The molecule has 1 aromatic rings. The second-order valence-corrected chi connectivity index (χ2v) is 5.47. The van der Waals surface area contributed by atoms with Crippen molar-refractivity contribution in [1.82, 2.24) is 0 Å². The normalized spacial score (nSPS) is 19.7. The lowest BCUT2D eigenvalue weighted by Gasteiger charge is -2.15. The van der Waals surface area contributed by atoms with E-state index < -0.39 is 11.6 Å². The number of benzene rings is 1. The first kappa shape index (κ1) is 12.7. The van der Waals surface area contributed by atoms with E-state index in [9.17, 15) is 8.78 Å². The average molecular weight is 268 g/mol. The molecule has 2 aliphatic carbocycles. The van der Waals surface area contributed by atoms with Gasteiger partial charge in [0.05, 0.1) is 12.7 Å². The third kappa shape index (κ3) is 2.99. The fourth-order valence-corrected chi connectivity index (χ4v) is 2.39. The van der Waals surface area contributed by atoms with Gasteiger partial charge >= 0.3 is 0 Å². The molecule has 0 aromatic heterocycles. The Bertz CT molecular complexity index is 452. The second-order valence-electron chi connectivity index (χ2n) is 5.47. The fraction of sp³-hybridized carbons (Fsp3) is 0.600. The largest absolute Gasteiger partial charge is 0.490 e. The molecular weight excluding hydrogens is 250 g/mol. The lowest BCUT2D eigenvalue weighted by Crippen LogP contribution is -2.12. The molecule has 0 aliphatic heterocycles. The molecule has 4 heteroatoms. The zero-order valence-electron chi connectivity index (χ0n) is 10.8. The number of hydrogen-bond donors (Lipinski definition) is 0. The van der Waals surface area contributed by atoms with Crippen molar-refractivity contribution in [3.8, 4) is 11.5 Å². The molecule has 3 rings (SSSR count). The predicted octanol–water partition coefficient (Wildman–Crippen LogP) is 4.08. The quantitative estimate of drug-likeness (QED) is 0.801. The molecule has 19 heavy (non-hydrogen) atoms. The number of hydrogen-bond acceptors (Lipinski definition) is 2.